The van der Waals surface area contributed by atoms with E-state index in [4.69, 9.17) is 4.74 Å². The Bertz CT molecular complexity index is 1280. The highest BCUT2D eigenvalue weighted by Gasteiger charge is 2.45. The van der Waals surface area contributed by atoms with Crippen LogP contribution in [0.25, 0.3) is 5.76 Å². The molecule has 1 heterocycles. The molecule has 3 aromatic rings. The summed E-state index contributed by atoms with van der Waals surface area (Å²) in [5.41, 5.74) is 3.60. The third-order valence-corrected chi connectivity index (χ3v) is 7.02. The van der Waals surface area contributed by atoms with Gasteiger partial charge in [0.05, 0.1) is 11.6 Å². The van der Waals surface area contributed by atoms with Gasteiger partial charge in [0.25, 0.3) is 11.7 Å². The van der Waals surface area contributed by atoms with Crippen LogP contribution >= 0.6 is 22.6 Å². The SMILES string of the molecule is Cc1ccccc1COc1ccc(C(O)=C2C(=O)C(=O)N(CCN(C)C)C2c2ccc(I)cc2)cc1. The van der Waals surface area contributed by atoms with Gasteiger partial charge in [-0.1, -0.05) is 36.4 Å². The molecule has 0 aromatic heterocycles. The van der Waals surface area contributed by atoms with Crippen LogP contribution in [0.1, 0.15) is 28.3 Å². The number of aryl methyl sites for hydroxylation is 1. The molecule has 1 amide bonds. The highest BCUT2D eigenvalue weighted by molar-refractivity contribution is 14.1. The van der Waals surface area contributed by atoms with Gasteiger partial charge in [-0.05, 0) is 96.7 Å². The van der Waals surface area contributed by atoms with Gasteiger partial charge in [-0.15, -0.1) is 0 Å². The number of amides is 1. The molecule has 1 atom stereocenters. The minimum Gasteiger partial charge on any atom is -0.507 e. The maximum atomic E-state index is 13.1. The number of aliphatic hydroxyl groups excluding tert-OH is 1. The van der Waals surface area contributed by atoms with E-state index in [9.17, 15) is 14.7 Å². The predicted octanol–water partition coefficient (Wildman–Crippen LogP) is 5.16. The zero-order chi connectivity index (χ0) is 25.8. The van der Waals surface area contributed by atoms with Crippen LogP contribution in [0.2, 0.25) is 0 Å². The average molecular weight is 596 g/mol. The van der Waals surface area contributed by atoms with E-state index in [1.165, 1.54) is 0 Å². The molecule has 3 aromatic carbocycles. The zero-order valence-electron chi connectivity index (χ0n) is 20.6. The van der Waals surface area contributed by atoms with Gasteiger partial charge in [-0.2, -0.15) is 0 Å². The van der Waals surface area contributed by atoms with Crippen LogP contribution in [0.15, 0.2) is 78.4 Å². The van der Waals surface area contributed by atoms with Gasteiger partial charge in [-0.25, -0.2) is 0 Å². The summed E-state index contributed by atoms with van der Waals surface area (Å²) in [6.45, 7) is 3.44. The third kappa shape index (κ3) is 5.63. The Morgan fingerprint density at radius 3 is 2.31 bits per heavy atom. The fourth-order valence-electron chi connectivity index (χ4n) is 4.21. The summed E-state index contributed by atoms with van der Waals surface area (Å²) in [4.78, 5) is 29.7. The van der Waals surface area contributed by atoms with E-state index >= 15 is 0 Å². The first-order valence-corrected chi connectivity index (χ1v) is 12.8. The molecular formula is C29H29IN2O4. The molecule has 6 nitrogen and oxygen atoms in total. The van der Waals surface area contributed by atoms with E-state index in [-0.39, 0.29) is 11.3 Å². The molecule has 0 spiro atoms. The Morgan fingerprint density at radius 1 is 1.00 bits per heavy atom. The number of carbonyl (C=O) groups is 2. The van der Waals surface area contributed by atoms with E-state index in [0.29, 0.717) is 31.0 Å². The summed E-state index contributed by atoms with van der Waals surface area (Å²) < 4.78 is 6.96. The van der Waals surface area contributed by atoms with Crippen molar-refractivity contribution in [2.24, 2.45) is 0 Å². The van der Waals surface area contributed by atoms with Crippen molar-refractivity contribution in [2.75, 3.05) is 27.2 Å². The molecule has 186 valence electrons. The Morgan fingerprint density at radius 2 is 1.67 bits per heavy atom. The molecule has 1 saturated heterocycles. The lowest BCUT2D eigenvalue weighted by Crippen LogP contribution is -2.35. The number of aliphatic hydroxyl groups is 1. The molecule has 0 radical (unpaired) electrons. The highest BCUT2D eigenvalue weighted by atomic mass is 127. The first-order chi connectivity index (χ1) is 17.3. The van der Waals surface area contributed by atoms with Gasteiger partial charge in [0.1, 0.15) is 18.1 Å². The summed E-state index contributed by atoms with van der Waals surface area (Å²) in [6.07, 6.45) is 0. The molecular weight excluding hydrogens is 567 g/mol. The fraction of sp³-hybridized carbons (Fsp3) is 0.241. The molecule has 7 heteroatoms. The monoisotopic (exact) mass is 596 g/mol. The number of nitrogens with zero attached hydrogens (tertiary/aromatic N) is 2. The van der Waals surface area contributed by atoms with Crippen LogP contribution < -0.4 is 4.74 Å². The normalized spacial score (nSPS) is 17.1. The zero-order valence-corrected chi connectivity index (χ0v) is 22.7. The summed E-state index contributed by atoms with van der Waals surface area (Å²) >= 11 is 2.21. The number of ketones is 1. The summed E-state index contributed by atoms with van der Waals surface area (Å²) in [5.74, 6) is -0.806. The maximum absolute atomic E-state index is 13.1. The van der Waals surface area contributed by atoms with Crippen LogP contribution in [0.3, 0.4) is 0 Å². The Labute approximate surface area is 225 Å². The van der Waals surface area contributed by atoms with Gasteiger partial charge < -0.3 is 19.6 Å². The molecule has 0 saturated carbocycles. The number of likely N-dealkylation sites (N-methyl/N-ethyl adjacent to an activating group) is 1. The number of benzene rings is 3. The van der Waals surface area contributed by atoms with Crippen LogP contribution in [0.5, 0.6) is 5.75 Å². The Balaban J connectivity index is 1.64. The molecule has 4 rings (SSSR count). The van der Waals surface area contributed by atoms with Crippen molar-refractivity contribution < 1.29 is 19.4 Å². The molecule has 1 unspecified atom stereocenters. The van der Waals surface area contributed by atoms with Crippen molar-refractivity contribution in [3.63, 3.8) is 0 Å². The fourth-order valence-corrected chi connectivity index (χ4v) is 4.57. The van der Waals surface area contributed by atoms with E-state index in [1.54, 1.807) is 29.2 Å². The molecule has 1 N–H and O–H groups in total. The number of hydrogen-bond acceptors (Lipinski definition) is 5. The van der Waals surface area contributed by atoms with Crippen molar-refractivity contribution >= 4 is 40.0 Å². The molecule has 1 fully saturated rings. The smallest absolute Gasteiger partial charge is 0.295 e. The van der Waals surface area contributed by atoms with Crippen LogP contribution in [0.4, 0.5) is 0 Å². The second kappa shape index (κ2) is 11.3. The van der Waals surface area contributed by atoms with Gasteiger partial charge in [-0.3, -0.25) is 9.59 Å². The first kappa shape index (κ1) is 25.9. The molecule has 0 bridgehead atoms. The lowest BCUT2D eigenvalue weighted by molar-refractivity contribution is -0.140. The van der Waals surface area contributed by atoms with Gasteiger partial charge in [0.15, 0.2) is 0 Å². The lowest BCUT2D eigenvalue weighted by atomic mass is 9.95. The van der Waals surface area contributed by atoms with Gasteiger partial charge in [0, 0.05) is 22.2 Å². The number of rotatable bonds is 8. The van der Waals surface area contributed by atoms with Gasteiger partial charge in [0.2, 0.25) is 0 Å². The maximum Gasteiger partial charge on any atom is 0.295 e. The standard InChI is InChI=1S/C29H29IN2O4/c1-19-6-4-5-7-22(19)18-36-24-14-10-21(11-15-24)27(33)25-26(20-8-12-23(30)13-9-20)32(17-16-31(2)3)29(35)28(25)34/h4-15,26,33H,16-18H2,1-3H3. The quantitative estimate of drug-likeness (QED) is 0.169. The Kier molecular flexibility index (Phi) is 8.11. The largest absolute Gasteiger partial charge is 0.507 e. The van der Waals surface area contributed by atoms with Crippen LogP contribution in [-0.2, 0) is 16.2 Å². The minimum absolute atomic E-state index is 0.105. The number of carbonyl (C=O) groups excluding carboxylic acids is 2. The minimum atomic E-state index is -0.672. The number of likely N-dealkylation sites (tertiary alicyclic amines) is 1. The topological polar surface area (TPSA) is 70.1 Å². The van der Waals surface area contributed by atoms with Gasteiger partial charge >= 0.3 is 0 Å². The van der Waals surface area contributed by atoms with E-state index < -0.39 is 17.7 Å². The molecule has 1 aliphatic rings. The van der Waals surface area contributed by atoms with E-state index in [1.807, 2.05) is 74.4 Å². The summed E-state index contributed by atoms with van der Waals surface area (Å²) in [5, 5.41) is 11.3. The summed E-state index contributed by atoms with van der Waals surface area (Å²) in [6, 6.07) is 22.0. The van der Waals surface area contributed by atoms with Crippen molar-refractivity contribution in [3.05, 3.63) is 104 Å². The number of halogens is 1. The predicted molar refractivity (Wildman–Crippen MR) is 149 cm³/mol. The number of Topliss-reactive ketones (excluding diaryl/α,β-unsaturated/α-hetero) is 1. The first-order valence-electron chi connectivity index (χ1n) is 11.7. The average Bonchev–Trinajstić information content (AvgIpc) is 3.12. The number of hydrogen-bond donors (Lipinski definition) is 1. The molecule has 0 aliphatic carbocycles. The second-order valence-corrected chi connectivity index (χ2v) is 10.3. The van der Waals surface area contributed by atoms with Crippen LogP contribution in [-0.4, -0.2) is 53.8 Å². The lowest BCUT2D eigenvalue weighted by Gasteiger charge is -2.26. The van der Waals surface area contributed by atoms with Crippen molar-refractivity contribution in [2.45, 2.75) is 19.6 Å². The molecule has 1 aliphatic heterocycles. The van der Waals surface area contributed by atoms with Crippen LogP contribution in [0, 0.1) is 10.5 Å². The molecule has 36 heavy (non-hydrogen) atoms. The second-order valence-electron chi connectivity index (χ2n) is 9.09. The summed E-state index contributed by atoms with van der Waals surface area (Å²) in [7, 11) is 3.83. The number of ether oxygens (including phenoxy) is 1. The highest BCUT2D eigenvalue weighted by Crippen LogP contribution is 2.39. The third-order valence-electron chi connectivity index (χ3n) is 6.30. The Hall–Kier alpha value is -3.17. The van der Waals surface area contributed by atoms with Crippen molar-refractivity contribution in [3.8, 4) is 5.75 Å². The van der Waals surface area contributed by atoms with Crippen molar-refractivity contribution in [1.29, 1.82) is 0 Å². The van der Waals surface area contributed by atoms with E-state index in [2.05, 4.69) is 22.6 Å². The van der Waals surface area contributed by atoms with E-state index in [0.717, 1.165) is 20.3 Å². The van der Waals surface area contributed by atoms with Crippen molar-refractivity contribution in [1.82, 2.24) is 9.80 Å².